The van der Waals surface area contributed by atoms with E-state index < -0.39 is 5.60 Å². The van der Waals surface area contributed by atoms with Crippen molar-refractivity contribution in [2.75, 3.05) is 46.9 Å². The normalized spacial score (nSPS) is 17.8. The van der Waals surface area contributed by atoms with E-state index in [-0.39, 0.29) is 6.09 Å². The van der Waals surface area contributed by atoms with Crippen molar-refractivity contribution < 1.29 is 14.3 Å². The largest absolute Gasteiger partial charge is 0.444 e. The van der Waals surface area contributed by atoms with E-state index in [0.29, 0.717) is 25.7 Å². The van der Waals surface area contributed by atoms with Gasteiger partial charge in [0.25, 0.3) is 0 Å². The van der Waals surface area contributed by atoms with Crippen LogP contribution in [-0.4, -0.2) is 80.4 Å². The highest BCUT2D eigenvalue weighted by Gasteiger charge is 2.34. The highest BCUT2D eigenvalue weighted by atomic mass is 16.6. The lowest BCUT2D eigenvalue weighted by molar-refractivity contribution is 0.0237. The Balaban J connectivity index is 1.69. The number of nitrogens with zero attached hydrogens (tertiary/aromatic N) is 3. The van der Waals surface area contributed by atoms with Gasteiger partial charge in [0.2, 0.25) is 0 Å². The van der Waals surface area contributed by atoms with Gasteiger partial charge in [-0.3, -0.25) is 4.99 Å². The molecule has 150 valence electrons. The van der Waals surface area contributed by atoms with Gasteiger partial charge in [0.15, 0.2) is 5.96 Å². The number of carbonyl (C=O) groups is 1. The molecule has 0 aromatic heterocycles. The lowest BCUT2D eigenvalue weighted by atomic mass is 10.2. The first-order chi connectivity index (χ1) is 12.3. The molecule has 2 rings (SSSR count). The Labute approximate surface area is 158 Å². The summed E-state index contributed by atoms with van der Waals surface area (Å²) in [5, 5.41) is 3.33. The van der Waals surface area contributed by atoms with Crippen molar-refractivity contribution in [2.45, 2.75) is 58.1 Å². The predicted octanol–water partition coefficient (Wildman–Crippen LogP) is 2.32. The van der Waals surface area contributed by atoms with E-state index in [1.54, 1.807) is 7.05 Å². The first kappa shape index (κ1) is 20.8. The molecule has 0 radical (unpaired) electrons. The molecule has 26 heavy (non-hydrogen) atoms. The molecule has 1 amide bonds. The number of ether oxygens (including phenoxy) is 2. The number of hydrogen-bond donors (Lipinski definition) is 1. The van der Waals surface area contributed by atoms with Gasteiger partial charge < -0.3 is 24.6 Å². The average molecular weight is 369 g/mol. The van der Waals surface area contributed by atoms with Gasteiger partial charge in [0.1, 0.15) is 5.60 Å². The van der Waals surface area contributed by atoms with E-state index in [1.165, 1.54) is 12.8 Å². The van der Waals surface area contributed by atoms with Gasteiger partial charge in [-0.05, 0) is 52.4 Å². The molecule has 1 N–H and O–H groups in total. The molecule has 0 heterocycles. The molecule has 7 nitrogen and oxygen atoms in total. The number of guanidine groups is 1. The predicted molar refractivity (Wildman–Crippen MR) is 103 cm³/mol. The van der Waals surface area contributed by atoms with Crippen LogP contribution < -0.4 is 5.32 Å². The van der Waals surface area contributed by atoms with Crippen LogP contribution in [0.15, 0.2) is 4.99 Å². The summed E-state index contributed by atoms with van der Waals surface area (Å²) in [4.78, 5) is 20.6. The van der Waals surface area contributed by atoms with Crippen molar-refractivity contribution in [2.24, 2.45) is 10.9 Å². The average Bonchev–Trinajstić information content (AvgIpc) is 3.43. The molecule has 0 unspecified atom stereocenters. The van der Waals surface area contributed by atoms with E-state index in [2.05, 4.69) is 15.2 Å². The maximum Gasteiger partial charge on any atom is 0.410 e. The molecule has 0 saturated heterocycles. The summed E-state index contributed by atoms with van der Waals surface area (Å²) < 4.78 is 11.2. The highest BCUT2D eigenvalue weighted by Crippen LogP contribution is 2.29. The fourth-order valence-corrected chi connectivity index (χ4v) is 2.64. The Morgan fingerprint density at radius 2 is 1.88 bits per heavy atom. The minimum absolute atomic E-state index is 0.224. The summed E-state index contributed by atoms with van der Waals surface area (Å²) in [5.74, 6) is 1.61. The number of hydrogen-bond acceptors (Lipinski definition) is 4. The zero-order chi connectivity index (χ0) is 19.2. The quantitative estimate of drug-likeness (QED) is 0.384. The van der Waals surface area contributed by atoms with Gasteiger partial charge in [-0.2, -0.15) is 0 Å². The second kappa shape index (κ2) is 9.44. The Kier molecular flexibility index (Phi) is 7.55. The molecule has 0 bridgehead atoms. The van der Waals surface area contributed by atoms with Crippen molar-refractivity contribution in [1.29, 1.82) is 0 Å². The Morgan fingerprint density at radius 1 is 1.19 bits per heavy atom. The van der Waals surface area contributed by atoms with Crippen LogP contribution in [0.2, 0.25) is 0 Å². The summed E-state index contributed by atoms with van der Waals surface area (Å²) in [6.45, 7) is 9.35. The zero-order valence-corrected chi connectivity index (χ0v) is 17.1. The van der Waals surface area contributed by atoms with Crippen LogP contribution in [0.4, 0.5) is 4.79 Å². The van der Waals surface area contributed by atoms with Crippen LogP contribution in [0.25, 0.3) is 0 Å². The van der Waals surface area contributed by atoms with Crippen molar-refractivity contribution in [3.63, 3.8) is 0 Å². The minimum Gasteiger partial charge on any atom is -0.444 e. The standard InChI is InChI=1S/C19H36N4O3/c1-19(2,3)26-18(24)23(16-8-9-16)11-10-21-17(20-4)22(5)12-13-25-14-15-6-7-15/h15-16H,6-14H2,1-5H3,(H,20,21). The molecule has 0 aliphatic heterocycles. The topological polar surface area (TPSA) is 66.4 Å². The van der Waals surface area contributed by atoms with Crippen molar-refractivity contribution in [3.05, 3.63) is 0 Å². The third-order valence-electron chi connectivity index (χ3n) is 4.45. The molecular formula is C19H36N4O3. The monoisotopic (exact) mass is 368 g/mol. The molecule has 2 aliphatic carbocycles. The maximum absolute atomic E-state index is 12.4. The molecule has 0 aromatic carbocycles. The van der Waals surface area contributed by atoms with E-state index >= 15 is 0 Å². The van der Waals surface area contributed by atoms with Crippen LogP contribution in [0.5, 0.6) is 0 Å². The SMILES string of the molecule is CN=C(NCCN(C(=O)OC(C)(C)C)C1CC1)N(C)CCOCC1CC1. The fourth-order valence-electron chi connectivity index (χ4n) is 2.64. The van der Waals surface area contributed by atoms with E-state index in [1.807, 2.05) is 32.7 Å². The highest BCUT2D eigenvalue weighted by molar-refractivity contribution is 5.79. The number of rotatable bonds is 9. The summed E-state index contributed by atoms with van der Waals surface area (Å²) in [7, 11) is 3.78. The molecule has 0 spiro atoms. The summed E-state index contributed by atoms with van der Waals surface area (Å²) in [6.07, 6.45) is 4.53. The number of aliphatic imine (C=N–C) groups is 1. The molecule has 7 heteroatoms. The van der Waals surface area contributed by atoms with Crippen LogP contribution >= 0.6 is 0 Å². The molecule has 0 aromatic rings. The number of nitrogens with one attached hydrogen (secondary N) is 1. The second-order valence-electron chi connectivity index (χ2n) is 8.32. The molecule has 0 atom stereocenters. The van der Waals surface area contributed by atoms with Crippen LogP contribution in [-0.2, 0) is 9.47 Å². The summed E-state index contributed by atoms with van der Waals surface area (Å²) >= 11 is 0. The van der Waals surface area contributed by atoms with Gasteiger partial charge in [0.05, 0.1) is 6.61 Å². The molecule has 2 saturated carbocycles. The third kappa shape index (κ3) is 7.81. The maximum atomic E-state index is 12.4. The zero-order valence-electron chi connectivity index (χ0n) is 17.1. The second-order valence-corrected chi connectivity index (χ2v) is 8.32. The van der Waals surface area contributed by atoms with Gasteiger partial charge in [-0.1, -0.05) is 0 Å². The van der Waals surface area contributed by atoms with E-state index in [9.17, 15) is 4.79 Å². The van der Waals surface area contributed by atoms with Crippen molar-refractivity contribution in [3.8, 4) is 0 Å². The fraction of sp³-hybridized carbons (Fsp3) is 0.895. The summed E-state index contributed by atoms with van der Waals surface area (Å²) in [6, 6.07) is 0.321. The van der Waals surface area contributed by atoms with Crippen LogP contribution in [0.1, 0.15) is 46.5 Å². The Morgan fingerprint density at radius 3 is 2.42 bits per heavy atom. The Bertz CT molecular complexity index is 482. The first-order valence-corrected chi connectivity index (χ1v) is 9.79. The minimum atomic E-state index is -0.464. The van der Waals surface area contributed by atoms with Crippen LogP contribution in [0.3, 0.4) is 0 Å². The van der Waals surface area contributed by atoms with E-state index in [0.717, 1.165) is 37.9 Å². The molecular weight excluding hydrogens is 332 g/mol. The summed E-state index contributed by atoms with van der Waals surface area (Å²) in [5.41, 5.74) is -0.464. The number of likely N-dealkylation sites (N-methyl/N-ethyl adjacent to an activating group) is 1. The van der Waals surface area contributed by atoms with Gasteiger partial charge in [-0.25, -0.2) is 4.79 Å². The van der Waals surface area contributed by atoms with Crippen molar-refractivity contribution >= 4 is 12.1 Å². The molecule has 2 aliphatic rings. The lowest BCUT2D eigenvalue weighted by Crippen LogP contribution is -2.46. The number of amides is 1. The number of carbonyl (C=O) groups excluding carboxylic acids is 1. The van der Waals surface area contributed by atoms with E-state index in [4.69, 9.17) is 9.47 Å². The van der Waals surface area contributed by atoms with Crippen LogP contribution in [0, 0.1) is 5.92 Å². The smallest absolute Gasteiger partial charge is 0.410 e. The lowest BCUT2D eigenvalue weighted by Gasteiger charge is -2.28. The van der Waals surface area contributed by atoms with Gasteiger partial charge >= 0.3 is 6.09 Å². The molecule has 2 fully saturated rings. The van der Waals surface area contributed by atoms with Gasteiger partial charge in [0, 0.05) is 46.4 Å². The van der Waals surface area contributed by atoms with Gasteiger partial charge in [-0.15, -0.1) is 0 Å². The Hall–Kier alpha value is -1.50. The van der Waals surface area contributed by atoms with Crippen molar-refractivity contribution in [1.82, 2.24) is 15.1 Å². The third-order valence-corrected chi connectivity index (χ3v) is 4.45. The first-order valence-electron chi connectivity index (χ1n) is 9.79.